The predicted octanol–water partition coefficient (Wildman–Crippen LogP) is 1.75. The average Bonchev–Trinajstić information content (AvgIpc) is 2.29. The van der Waals surface area contributed by atoms with Crippen LogP contribution in [0.2, 0.25) is 0 Å². The maximum Gasteiger partial charge on any atom is 0.131 e. The fraction of sp³-hybridized carbons (Fsp3) is 0.600. The van der Waals surface area contributed by atoms with Gasteiger partial charge in [-0.1, -0.05) is 19.1 Å². The Morgan fingerprint density at radius 2 is 2.60 bits per heavy atom. The number of aromatic amines is 1. The minimum Gasteiger partial charge on any atom is -0.377 e. The summed E-state index contributed by atoms with van der Waals surface area (Å²) >= 11 is 5.05. The van der Waals surface area contributed by atoms with Crippen LogP contribution in [0.15, 0.2) is 12.4 Å². The smallest absolute Gasteiger partial charge is 0.131 e. The van der Waals surface area contributed by atoms with E-state index in [4.69, 9.17) is 17.0 Å². The molecule has 0 spiro atoms. The molecule has 2 heterocycles. The number of nitrogens with zero attached hydrogens (tertiary/aromatic N) is 2. The van der Waals surface area contributed by atoms with Crippen LogP contribution < -0.4 is 4.90 Å². The normalized spacial score (nSPS) is 21.7. The highest BCUT2D eigenvalue weighted by Gasteiger charge is 2.21. The number of ether oxygens (including phenoxy) is 1. The number of anilines is 1. The molecule has 1 saturated heterocycles. The van der Waals surface area contributed by atoms with Crippen molar-refractivity contribution in [1.82, 2.24) is 9.97 Å². The highest BCUT2D eigenvalue weighted by atomic mass is 32.1. The van der Waals surface area contributed by atoms with Crippen molar-refractivity contribution in [3.05, 3.63) is 17.0 Å². The highest BCUT2D eigenvalue weighted by molar-refractivity contribution is 7.71. The van der Waals surface area contributed by atoms with Crippen LogP contribution in [0.3, 0.4) is 0 Å². The molecular formula is C10H15N3OS. The Balaban J connectivity index is 2.24. The Labute approximate surface area is 94.3 Å². The van der Waals surface area contributed by atoms with Gasteiger partial charge >= 0.3 is 0 Å². The first-order valence-corrected chi connectivity index (χ1v) is 5.61. The lowest BCUT2D eigenvalue weighted by atomic mass is 10.2. The summed E-state index contributed by atoms with van der Waals surface area (Å²) in [7, 11) is 0. The molecule has 2 rings (SSSR count). The van der Waals surface area contributed by atoms with Gasteiger partial charge in [0.2, 0.25) is 0 Å². The minimum atomic E-state index is 0.437. The summed E-state index contributed by atoms with van der Waals surface area (Å²) < 4.78 is 6.09. The van der Waals surface area contributed by atoms with Crippen LogP contribution in [0.5, 0.6) is 0 Å². The number of nitrogens with one attached hydrogen (secondary N) is 1. The molecule has 4 nitrogen and oxygen atoms in total. The van der Waals surface area contributed by atoms with Gasteiger partial charge in [-0.05, 0) is 6.42 Å². The second kappa shape index (κ2) is 4.72. The first kappa shape index (κ1) is 10.6. The van der Waals surface area contributed by atoms with Crippen LogP contribution in [0.4, 0.5) is 5.82 Å². The van der Waals surface area contributed by atoms with Crippen molar-refractivity contribution < 1.29 is 4.74 Å². The zero-order valence-corrected chi connectivity index (χ0v) is 9.59. The monoisotopic (exact) mass is 225 g/mol. The lowest BCUT2D eigenvalue weighted by Crippen LogP contribution is -2.45. The Morgan fingerprint density at radius 1 is 1.73 bits per heavy atom. The molecule has 82 valence electrons. The number of H-pyrrole nitrogens is 1. The van der Waals surface area contributed by atoms with E-state index in [0.29, 0.717) is 10.7 Å². The quantitative estimate of drug-likeness (QED) is 0.779. The van der Waals surface area contributed by atoms with Crippen molar-refractivity contribution in [1.29, 1.82) is 0 Å². The molecule has 0 radical (unpaired) electrons. The first-order valence-electron chi connectivity index (χ1n) is 5.20. The largest absolute Gasteiger partial charge is 0.377 e. The Hall–Kier alpha value is -0.940. The van der Waals surface area contributed by atoms with Gasteiger partial charge < -0.3 is 14.6 Å². The third-order valence-electron chi connectivity index (χ3n) is 2.67. The van der Waals surface area contributed by atoms with Gasteiger partial charge in [-0.15, -0.1) is 0 Å². The summed E-state index contributed by atoms with van der Waals surface area (Å²) in [5.74, 6) is 1.05. The second-order valence-corrected chi connectivity index (χ2v) is 4.02. The van der Waals surface area contributed by atoms with Crippen LogP contribution in [0, 0.1) is 4.64 Å². The number of hydrogen-bond donors (Lipinski definition) is 1. The van der Waals surface area contributed by atoms with E-state index in [0.717, 1.165) is 32.0 Å². The molecule has 0 aromatic carbocycles. The van der Waals surface area contributed by atoms with E-state index in [1.165, 1.54) is 0 Å². The van der Waals surface area contributed by atoms with Crippen molar-refractivity contribution in [3.8, 4) is 0 Å². The Morgan fingerprint density at radius 3 is 3.33 bits per heavy atom. The lowest BCUT2D eigenvalue weighted by Gasteiger charge is -2.36. The molecule has 0 amide bonds. The summed E-state index contributed by atoms with van der Waals surface area (Å²) in [6.45, 7) is 4.65. The molecule has 1 atom stereocenters. The molecule has 1 unspecified atom stereocenters. The van der Waals surface area contributed by atoms with Crippen LogP contribution in [0.1, 0.15) is 13.3 Å². The zero-order chi connectivity index (χ0) is 10.7. The predicted molar refractivity (Wildman–Crippen MR) is 61.7 cm³/mol. The van der Waals surface area contributed by atoms with E-state index in [1.54, 1.807) is 6.33 Å². The van der Waals surface area contributed by atoms with Crippen LogP contribution in [-0.2, 0) is 4.74 Å². The second-order valence-electron chi connectivity index (χ2n) is 3.60. The van der Waals surface area contributed by atoms with E-state index in [1.807, 2.05) is 6.07 Å². The molecule has 1 aromatic rings. The van der Waals surface area contributed by atoms with Crippen molar-refractivity contribution in [2.24, 2.45) is 0 Å². The molecule has 1 aliphatic rings. The van der Waals surface area contributed by atoms with Crippen LogP contribution >= 0.6 is 12.2 Å². The van der Waals surface area contributed by atoms with E-state index in [2.05, 4.69) is 21.8 Å². The van der Waals surface area contributed by atoms with Gasteiger partial charge in [-0.25, -0.2) is 4.98 Å². The van der Waals surface area contributed by atoms with E-state index >= 15 is 0 Å². The fourth-order valence-corrected chi connectivity index (χ4v) is 2.00. The Bertz CT molecular complexity index is 379. The van der Waals surface area contributed by atoms with Crippen molar-refractivity contribution in [3.63, 3.8) is 0 Å². The van der Waals surface area contributed by atoms with Gasteiger partial charge in [-0.3, -0.25) is 0 Å². The molecule has 1 fully saturated rings. The average molecular weight is 225 g/mol. The SMILES string of the molecule is CCC1COCCN1c1cc(=S)nc[nH]1. The van der Waals surface area contributed by atoms with Crippen molar-refractivity contribution >= 4 is 18.0 Å². The molecule has 5 heteroatoms. The summed E-state index contributed by atoms with van der Waals surface area (Å²) in [6, 6.07) is 2.34. The van der Waals surface area contributed by atoms with Gasteiger partial charge in [0.15, 0.2) is 0 Å². The van der Waals surface area contributed by atoms with Gasteiger partial charge in [-0.2, -0.15) is 0 Å². The maximum absolute atomic E-state index is 5.46. The van der Waals surface area contributed by atoms with E-state index < -0.39 is 0 Å². The van der Waals surface area contributed by atoms with E-state index in [-0.39, 0.29) is 0 Å². The molecule has 0 bridgehead atoms. The third kappa shape index (κ3) is 2.35. The fourth-order valence-electron chi connectivity index (χ4n) is 1.83. The summed E-state index contributed by atoms with van der Waals surface area (Å²) in [6.07, 6.45) is 2.72. The van der Waals surface area contributed by atoms with Crippen molar-refractivity contribution in [2.45, 2.75) is 19.4 Å². The number of aromatic nitrogens is 2. The topological polar surface area (TPSA) is 41.1 Å². The standard InChI is InChI=1S/C10H15N3OS/c1-2-8-6-14-4-3-13(8)9-5-10(15)12-7-11-9/h5,7-8H,2-4,6H2,1H3,(H,11,12,15). The molecule has 15 heavy (non-hydrogen) atoms. The molecule has 0 saturated carbocycles. The van der Waals surface area contributed by atoms with Crippen LogP contribution in [-0.4, -0.2) is 35.8 Å². The number of rotatable bonds is 2. The summed E-state index contributed by atoms with van der Waals surface area (Å²) in [5, 5.41) is 0. The first-order chi connectivity index (χ1) is 7.31. The minimum absolute atomic E-state index is 0.437. The lowest BCUT2D eigenvalue weighted by molar-refractivity contribution is 0.0925. The summed E-state index contributed by atoms with van der Waals surface area (Å²) in [4.78, 5) is 9.43. The van der Waals surface area contributed by atoms with Gasteiger partial charge in [0.25, 0.3) is 0 Å². The summed E-state index contributed by atoms with van der Waals surface area (Å²) in [5.41, 5.74) is 0. The van der Waals surface area contributed by atoms with Crippen LogP contribution in [0.25, 0.3) is 0 Å². The molecule has 0 aliphatic carbocycles. The van der Waals surface area contributed by atoms with Gasteiger partial charge in [0.1, 0.15) is 10.5 Å². The van der Waals surface area contributed by atoms with Gasteiger partial charge in [0, 0.05) is 12.6 Å². The third-order valence-corrected chi connectivity index (χ3v) is 2.90. The number of morpholine rings is 1. The number of hydrogen-bond acceptors (Lipinski definition) is 4. The highest BCUT2D eigenvalue weighted by Crippen LogP contribution is 2.18. The molecular weight excluding hydrogens is 210 g/mol. The molecule has 1 aliphatic heterocycles. The maximum atomic E-state index is 5.46. The van der Waals surface area contributed by atoms with E-state index in [9.17, 15) is 0 Å². The molecule has 1 aromatic heterocycles. The Kier molecular flexibility index (Phi) is 3.33. The zero-order valence-electron chi connectivity index (χ0n) is 8.77. The molecule has 1 N–H and O–H groups in total. The van der Waals surface area contributed by atoms with Crippen molar-refractivity contribution in [2.75, 3.05) is 24.7 Å². The van der Waals surface area contributed by atoms with Gasteiger partial charge in [0.05, 0.1) is 25.6 Å².